The van der Waals surface area contributed by atoms with E-state index in [2.05, 4.69) is 0 Å². The van der Waals surface area contributed by atoms with Gasteiger partial charge >= 0.3 is 11.9 Å². The summed E-state index contributed by atoms with van der Waals surface area (Å²) in [4.78, 5) is 22.8. The van der Waals surface area contributed by atoms with Gasteiger partial charge in [0.2, 0.25) is 0 Å². The van der Waals surface area contributed by atoms with E-state index in [9.17, 15) is 14.7 Å². The third-order valence-electron chi connectivity index (χ3n) is 2.96. The van der Waals surface area contributed by atoms with E-state index in [1.54, 1.807) is 13.8 Å². The number of esters is 2. The van der Waals surface area contributed by atoms with Crippen molar-refractivity contribution in [2.45, 2.75) is 37.6 Å². The molecule has 0 bridgehead atoms. The first-order valence-corrected chi connectivity index (χ1v) is 6.10. The predicted molar refractivity (Wildman–Crippen MR) is 61.3 cm³/mol. The molecule has 0 aromatic carbocycles. The predicted octanol–water partition coefficient (Wildman–Crippen LogP) is -0.598. The molecule has 0 aromatic rings. The Morgan fingerprint density at radius 2 is 1.63 bits per heavy atom. The molecule has 7 heteroatoms. The fraction of sp³-hybridized carbons (Fsp3) is 0.833. The van der Waals surface area contributed by atoms with E-state index in [4.69, 9.17) is 18.9 Å². The number of epoxide rings is 2. The molecule has 7 nitrogen and oxygen atoms in total. The number of carbonyl (C=O) groups excluding carboxylic acids is 2. The summed E-state index contributed by atoms with van der Waals surface area (Å²) in [6, 6.07) is 0. The summed E-state index contributed by atoms with van der Waals surface area (Å²) >= 11 is 0. The highest BCUT2D eigenvalue weighted by Gasteiger charge is 2.42. The van der Waals surface area contributed by atoms with Gasteiger partial charge in [-0.25, -0.2) is 4.79 Å². The Kier molecular flexibility index (Phi) is 3.80. The van der Waals surface area contributed by atoms with Crippen molar-refractivity contribution >= 4 is 11.9 Å². The van der Waals surface area contributed by atoms with Crippen molar-refractivity contribution in [3.63, 3.8) is 0 Å². The van der Waals surface area contributed by atoms with Crippen LogP contribution in [0.3, 0.4) is 0 Å². The maximum Gasteiger partial charge on any atom is 0.335 e. The van der Waals surface area contributed by atoms with E-state index in [-0.39, 0.29) is 13.2 Å². The summed E-state index contributed by atoms with van der Waals surface area (Å²) in [6.07, 6.45) is -1.94. The summed E-state index contributed by atoms with van der Waals surface area (Å²) in [5, 5.41) is 9.50. The third-order valence-corrected chi connectivity index (χ3v) is 2.96. The van der Waals surface area contributed by atoms with Gasteiger partial charge in [0, 0.05) is 0 Å². The molecule has 0 amide bonds. The highest BCUT2D eigenvalue weighted by Crippen LogP contribution is 2.26. The van der Waals surface area contributed by atoms with Crippen molar-refractivity contribution in [2.75, 3.05) is 26.4 Å². The zero-order valence-corrected chi connectivity index (χ0v) is 11.0. The first kappa shape index (κ1) is 14.2. The van der Waals surface area contributed by atoms with Crippen LogP contribution in [-0.4, -0.2) is 60.8 Å². The lowest BCUT2D eigenvalue weighted by Gasteiger charge is -2.12. The molecule has 0 aliphatic carbocycles. The van der Waals surface area contributed by atoms with Gasteiger partial charge in [-0.15, -0.1) is 0 Å². The summed E-state index contributed by atoms with van der Waals surface area (Å²) in [6.45, 7) is 4.86. The Bertz CT molecular complexity index is 370. The van der Waals surface area contributed by atoms with E-state index in [0.717, 1.165) is 0 Å². The van der Waals surface area contributed by atoms with Crippen LogP contribution in [0.2, 0.25) is 0 Å². The molecule has 0 aromatic heterocycles. The zero-order valence-electron chi connectivity index (χ0n) is 11.0. The number of aliphatic hydroxyl groups is 1. The van der Waals surface area contributed by atoms with Crippen molar-refractivity contribution in [1.82, 2.24) is 0 Å². The first-order chi connectivity index (χ1) is 8.82. The van der Waals surface area contributed by atoms with Crippen molar-refractivity contribution in [1.29, 1.82) is 0 Å². The molecule has 0 radical (unpaired) electrons. The highest BCUT2D eigenvalue weighted by molar-refractivity contribution is 5.81. The smallest absolute Gasteiger partial charge is 0.335 e. The Hall–Kier alpha value is -1.18. The Morgan fingerprint density at radius 3 is 2.11 bits per heavy atom. The van der Waals surface area contributed by atoms with Crippen LogP contribution in [0.15, 0.2) is 0 Å². The molecule has 0 spiro atoms. The van der Waals surface area contributed by atoms with Crippen molar-refractivity contribution in [3.8, 4) is 0 Å². The molecule has 0 saturated carbocycles. The van der Waals surface area contributed by atoms with Gasteiger partial charge < -0.3 is 24.1 Å². The van der Waals surface area contributed by atoms with Gasteiger partial charge in [-0.1, -0.05) is 0 Å². The number of hydrogen-bond donors (Lipinski definition) is 1. The minimum atomic E-state index is -1.51. The number of hydrogen-bond acceptors (Lipinski definition) is 7. The summed E-state index contributed by atoms with van der Waals surface area (Å²) in [7, 11) is 0. The Labute approximate surface area is 110 Å². The van der Waals surface area contributed by atoms with Crippen LogP contribution < -0.4 is 0 Å². The molecule has 108 valence electrons. The van der Waals surface area contributed by atoms with Crippen molar-refractivity contribution in [3.05, 3.63) is 0 Å². The third kappa shape index (κ3) is 4.45. The number of aliphatic hydroxyl groups excluding tert-OH is 1. The Morgan fingerprint density at radius 1 is 1.16 bits per heavy atom. The van der Waals surface area contributed by atoms with Crippen molar-refractivity contribution < 1.29 is 33.6 Å². The average molecular weight is 274 g/mol. The van der Waals surface area contributed by atoms with Crippen LogP contribution in [0.25, 0.3) is 0 Å². The van der Waals surface area contributed by atoms with Gasteiger partial charge in [0.1, 0.15) is 24.4 Å². The second kappa shape index (κ2) is 5.07. The van der Waals surface area contributed by atoms with Crippen LogP contribution >= 0.6 is 0 Å². The van der Waals surface area contributed by atoms with Gasteiger partial charge in [0.25, 0.3) is 0 Å². The lowest BCUT2D eigenvalue weighted by atomic mass is 10.2. The minimum absolute atomic E-state index is 0.0733. The summed E-state index contributed by atoms with van der Waals surface area (Å²) < 4.78 is 19.8. The molecule has 2 aliphatic heterocycles. The molecule has 3 atom stereocenters. The molecule has 2 heterocycles. The Balaban J connectivity index is 1.62. The molecule has 2 aliphatic rings. The van der Waals surface area contributed by atoms with Gasteiger partial charge in [-0.2, -0.15) is 0 Å². The minimum Gasteiger partial charge on any atom is -0.462 e. The monoisotopic (exact) mass is 274 g/mol. The molecule has 1 N–H and O–H groups in total. The summed E-state index contributed by atoms with van der Waals surface area (Å²) in [5.41, 5.74) is -0.840. The molecule has 19 heavy (non-hydrogen) atoms. The molecular weight excluding hydrogens is 256 g/mol. The van der Waals surface area contributed by atoms with E-state index in [1.165, 1.54) is 0 Å². The molecule has 2 fully saturated rings. The van der Waals surface area contributed by atoms with E-state index >= 15 is 0 Å². The largest absolute Gasteiger partial charge is 0.462 e. The SMILES string of the molecule is CC1(COC(=O)CC(O)C(=O)OCC2(C)CO2)CO1. The average Bonchev–Trinajstić information content (AvgIpc) is 3.25. The number of carbonyl (C=O) groups is 2. The van der Waals surface area contributed by atoms with Gasteiger partial charge in [0.15, 0.2) is 6.10 Å². The molecule has 2 saturated heterocycles. The van der Waals surface area contributed by atoms with Gasteiger partial charge in [-0.3, -0.25) is 4.79 Å². The van der Waals surface area contributed by atoms with E-state index in [1.807, 2.05) is 0 Å². The quantitative estimate of drug-likeness (QED) is 0.489. The molecular formula is C12H18O7. The molecule has 3 unspecified atom stereocenters. The fourth-order valence-corrected chi connectivity index (χ4v) is 1.27. The van der Waals surface area contributed by atoms with Gasteiger partial charge in [-0.05, 0) is 13.8 Å². The van der Waals surface area contributed by atoms with Crippen molar-refractivity contribution in [2.24, 2.45) is 0 Å². The molecule has 2 rings (SSSR count). The van der Waals surface area contributed by atoms with Crippen LogP contribution in [0.1, 0.15) is 20.3 Å². The number of ether oxygens (including phenoxy) is 4. The maximum absolute atomic E-state index is 11.4. The maximum atomic E-state index is 11.4. The zero-order chi connectivity index (χ0) is 14.1. The van der Waals surface area contributed by atoms with Gasteiger partial charge in [0.05, 0.1) is 19.6 Å². The first-order valence-electron chi connectivity index (χ1n) is 6.10. The lowest BCUT2D eigenvalue weighted by molar-refractivity contribution is -0.161. The van der Waals surface area contributed by atoms with Crippen LogP contribution in [0.4, 0.5) is 0 Å². The standard InChI is InChI=1S/C12H18O7/c1-11(6-18-11)4-16-9(14)3-8(13)10(15)17-5-12(2)7-19-12/h8,13H,3-7H2,1-2H3. The topological polar surface area (TPSA) is 97.9 Å². The van der Waals surface area contributed by atoms with Crippen LogP contribution in [-0.2, 0) is 28.5 Å². The highest BCUT2D eigenvalue weighted by atomic mass is 16.6. The number of rotatable bonds is 7. The second-order valence-electron chi connectivity index (χ2n) is 5.47. The summed E-state index contributed by atoms with van der Waals surface area (Å²) in [5.74, 6) is -1.50. The lowest BCUT2D eigenvalue weighted by Crippen LogP contribution is -2.30. The fourth-order valence-electron chi connectivity index (χ4n) is 1.27. The van der Waals surface area contributed by atoms with Crippen LogP contribution in [0, 0.1) is 0 Å². The second-order valence-corrected chi connectivity index (χ2v) is 5.47. The van der Waals surface area contributed by atoms with E-state index < -0.39 is 35.7 Å². The van der Waals surface area contributed by atoms with Crippen LogP contribution in [0.5, 0.6) is 0 Å². The normalized spacial score (nSPS) is 33.4. The van der Waals surface area contributed by atoms with E-state index in [0.29, 0.717) is 13.2 Å².